The van der Waals surface area contributed by atoms with Gasteiger partial charge in [-0.2, -0.15) is 0 Å². The van der Waals surface area contributed by atoms with Crippen LogP contribution < -0.4 is 5.32 Å². The van der Waals surface area contributed by atoms with Crippen LogP contribution in [0.15, 0.2) is 0 Å². The Balaban J connectivity index is 0.00000121. The predicted molar refractivity (Wildman–Crippen MR) is 62.7 cm³/mol. The highest BCUT2D eigenvalue weighted by molar-refractivity contribution is 9.09. The van der Waals surface area contributed by atoms with Gasteiger partial charge in [0.15, 0.2) is 0 Å². The lowest BCUT2D eigenvalue weighted by atomic mass is 10.3. The third-order valence-corrected chi connectivity index (χ3v) is 2.60. The van der Waals surface area contributed by atoms with Crippen LogP contribution >= 0.6 is 32.9 Å². The molecule has 0 saturated carbocycles. The van der Waals surface area contributed by atoms with Crippen molar-refractivity contribution in [1.82, 2.24) is 10.2 Å². The van der Waals surface area contributed by atoms with Gasteiger partial charge in [0.25, 0.3) is 0 Å². The molecule has 4 heteroatoms. The van der Waals surface area contributed by atoms with Crippen molar-refractivity contribution in [3.8, 4) is 0 Å². The van der Waals surface area contributed by atoms with Crippen LogP contribution in [-0.2, 0) is 0 Å². The highest BCUT2D eigenvalue weighted by Crippen LogP contribution is 1.98. The minimum absolute atomic E-state index is 0. The SMILES string of the molecule is Br.BrCCCN1CCCNCC1. The molecule has 1 rings (SSSR count). The van der Waals surface area contributed by atoms with E-state index >= 15 is 0 Å². The summed E-state index contributed by atoms with van der Waals surface area (Å²) in [7, 11) is 0. The van der Waals surface area contributed by atoms with Gasteiger partial charge in [-0.05, 0) is 32.5 Å². The van der Waals surface area contributed by atoms with Crippen LogP contribution in [0.4, 0.5) is 0 Å². The smallest absolute Gasteiger partial charge is 0.0107 e. The average molecular weight is 302 g/mol. The van der Waals surface area contributed by atoms with Gasteiger partial charge >= 0.3 is 0 Å². The summed E-state index contributed by atoms with van der Waals surface area (Å²) < 4.78 is 0. The van der Waals surface area contributed by atoms with Crippen LogP contribution in [0.2, 0.25) is 0 Å². The highest BCUT2D eigenvalue weighted by Gasteiger charge is 2.06. The summed E-state index contributed by atoms with van der Waals surface area (Å²) in [5.74, 6) is 0. The summed E-state index contributed by atoms with van der Waals surface area (Å²) in [5, 5.41) is 4.54. The molecular weight excluding hydrogens is 284 g/mol. The number of rotatable bonds is 3. The van der Waals surface area contributed by atoms with Crippen molar-refractivity contribution in [2.75, 3.05) is 38.1 Å². The lowest BCUT2D eigenvalue weighted by molar-refractivity contribution is 0.294. The van der Waals surface area contributed by atoms with Gasteiger partial charge in [0.2, 0.25) is 0 Å². The summed E-state index contributed by atoms with van der Waals surface area (Å²) in [6.07, 6.45) is 2.59. The van der Waals surface area contributed by atoms with Gasteiger partial charge in [-0.25, -0.2) is 0 Å². The van der Waals surface area contributed by atoms with Crippen LogP contribution in [0.5, 0.6) is 0 Å². The fourth-order valence-corrected chi connectivity index (χ4v) is 1.66. The molecule has 0 aliphatic carbocycles. The maximum absolute atomic E-state index is 3.45. The Kier molecular flexibility index (Phi) is 9.10. The molecule has 1 N–H and O–H groups in total. The minimum atomic E-state index is 0. The molecule has 1 fully saturated rings. The summed E-state index contributed by atoms with van der Waals surface area (Å²) in [6, 6.07) is 0. The molecule has 1 aliphatic heterocycles. The molecule has 0 unspecified atom stereocenters. The van der Waals surface area contributed by atoms with Gasteiger partial charge in [0, 0.05) is 18.4 Å². The molecule has 74 valence electrons. The zero-order valence-corrected chi connectivity index (χ0v) is 10.7. The van der Waals surface area contributed by atoms with Crippen LogP contribution in [0.1, 0.15) is 12.8 Å². The Morgan fingerprint density at radius 3 is 2.83 bits per heavy atom. The van der Waals surface area contributed by atoms with Crippen molar-refractivity contribution >= 4 is 32.9 Å². The van der Waals surface area contributed by atoms with Crippen molar-refractivity contribution in [2.45, 2.75) is 12.8 Å². The van der Waals surface area contributed by atoms with E-state index < -0.39 is 0 Å². The van der Waals surface area contributed by atoms with E-state index in [9.17, 15) is 0 Å². The summed E-state index contributed by atoms with van der Waals surface area (Å²) >= 11 is 3.45. The lowest BCUT2D eigenvalue weighted by Crippen LogP contribution is -2.29. The number of nitrogens with one attached hydrogen (secondary N) is 1. The van der Waals surface area contributed by atoms with E-state index in [1.165, 1.54) is 45.6 Å². The number of halogens is 2. The molecule has 0 aromatic rings. The van der Waals surface area contributed by atoms with Crippen molar-refractivity contribution in [3.05, 3.63) is 0 Å². The normalized spacial score (nSPS) is 19.8. The van der Waals surface area contributed by atoms with Crippen molar-refractivity contribution < 1.29 is 0 Å². The molecule has 0 aromatic heterocycles. The molecule has 0 bridgehead atoms. The first-order valence-electron chi connectivity index (χ1n) is 4.42. The monoisotopic (exact) mass is 300 g/mol. The molecule has 2 nitrogen and oxygen atoms in total. The van der Waals surface area contributed by atoms with Crippen LogP contribution in [-0.4, -0.2) is 43.0 Å². The fraction of sp³-hybridized carbons (Fsp3) is 1.00. The number of hydrogen-bond donors (Lipinski definition) is 1. The van der Waals surface area contributed by atoms with E-state index in [2.05, 4.69) is 26.1 Å². The first-order valence-corrected chi connectivity index (χ1v) is 5.54. The molecule has 0 aromatic carbocycles. The Bertz CT molecular complexity index is 93.1. The zero-order valence-electron chi connectivity index (χ0n) is 7.39. The number of alkyl halides is 1. The molecule has 0 atom stereocenters. The van der Waals surface area contributed by atoms with E-state index in [0.717, 1.165) is 5.33 Å². The first kappa shape index (κ1) is 12.9. The minimum Gasteiger partial charge on any atom is -0.315 e. The second kappa shape index (κ2) is 8.48. The summed E-state index contributed by atoms with van der Waals surface area (Å²) in [4.78, 5) is 2.54. The third kappa shape index (κ3) is 5.51. The Labute approximate surface area is 94.0 Å². The molecule has 12 heavy (non-hydrogen) atoms. The molecule has 1 heterocycles. The molecule has 0 amide bonds. The van der Waals surface area contributed by atoms with Crippen LogP contribution in [0, 0.1) is 0 Å². The van der Waals surface area contributed by atoms with Crippen molar-refractivity contribution in [3.63, 3.8) is 0 Å². The topological polar surface area (TPSA) is 15.3 Å². The predicted octanol–water partition coefficient (Wildman–Crippen LogP) is 1.64. The van der Waals surface area contributed by atoms with Gasteiger partial charge in [-0.1, -0.05) is 15.9 Å². The fourth-order valence-electron chi connectivity index (χ4n) is 1.41. The number of hydrogen-bond acceptors (Lipinski definition) is 2. The first-order chi connectivity index (χ1) is 5.43. The molecular formula is C8H18Br2N2. The third-order valence-electron chi connectivity index (χ3n) is 2.04. The van der Waals surface area contributed by atoms with Gasteiger partial charge < -0.3 is 10.2 Å². The summed E-state index contributed by atoms with van der Waals surface area (Å²) in [6.45, 7) is 6.13. The van der Waals surface area contributed by atoms with E-state index in [-0.39, 0.29) is 17.0 Å². The highest BCUT2D eigenvalue weighted by atomic mass is 79.9. The van der Waals surface area contributed by atoms with Crippen LogP contribution in [0.3, 0.4) is 0 Å². The van der Waals surface area contributed by atoms with Crippen molar-refractivity contribution in [1.29, 1.82) is 0 Å². The standard InChI is InChI=1S/C8H17BrN2.BrH/c9-3-1-6-11-7-2-4-10-5-8-11;/h10H,1-8H2;1H. The van der Waals surface area contributed by atoms with Gasteiger partial charge in [-0.3, -0.25) is 0 Å². The average Bonchev–Trinajstić information content (AvgIpc) is 2.28. The van der Waals surface area contributed by atoms with E-state index in [0.29, 0.717) is 0 Å². The Hall–Kier alpha value is 0.880. The van der Waals surface area contributed by atoms with Crippen LogP contribution in [0.25, 0.3) is 0 Å². The molecule has 1 saturated heterocycles. The molecule has 0 radical (unpaired) electrons. The second-order valence-electron chi connectivity index (χ2n) is 2.99. The maximum atomic E-state index is 3.45. The largest absolute Gasteiger partial charge is 0.315 e. The second-order valence-corrected chi connectivity index (χ2v) is 3.78. The quantitative estimate of drug-likeness (QED) is 0.798. The summed E-state index contributed by atoms with van der Waals surface area (Å²) in [5.41, 5.74) is 0. The maximum Gasteiger partial charge on any atom is 0.0107 e. The van der Waals surface area contributed by atoms with Crippen molar-refractivity contribution in [2.24, 2.45) is 0 Å². The van der Waals surface area contributed by atoms with Gasteiger partial charge in [0.1, 0.15) is 0 Å². The Morgan fingerprint density at radius 1 is 1.25 bits per heavy atom. The van der Waals surface area contributed by atoms with E-state index in [4.69, 9.17) is 0 Å². The number of nitrogens with zero attached hydrogens (tertiary/aromatic N) is 1. The van der Waals surface area contributed by atoms with E-state index in [1.807, 2.05) is 0 Å². The van der Waals surface area contributed by atoms with E-state index in [1.54, 1.807) is 0 Å². The molecule has 1 aliphatic rings. The zero-order chi connectivity index (χ0) is 7.94. The van der Waals surface area contributed by atoms with Gasteiger partial charge in [-0.15, -0.1) is 17.0 Å². The lowest BCUT2D eigenvalue weighted by Gasteiger charge is -2.18. The molecule has 0 spiro atoms. The van der Waals surface area contributed by atoms with Gasteiger partial charge in [0.05, 0.1) is 0 Å². The Morgan fingerprint density at radius 2 is 2.08 bits per heavy atom.